The van der Waals surface area contributed by atoms with Gasteiger partial charge in [0.05, 0.1) is 11.3 Å². The number of aromatic nitrogens is 1. The van der Waals surface area contributed by atoms with E-state index in [1.54, 1.807) is 0 Å². The molecular weight excluding hydrogens is 368 g/mol. The molecule has 1 aromatic heterocycles. The van der Waals surface area contributed by atoms with Gasteiger partial charge in [-0.25, -0.2) is 4.98 Å². The zero-order valence-electron chi connectivity index (χ0n) is 13.6. The molecule has 2 heterocycles. The summed E-state index contributed by atoms with van der Waals surface area (Å²) in [5, 5.41) is 12.9. The second-order valence-corrected chi connectivity index (χ2v) is 6.91. The number of hydrogen-bond acceptors (Lipinski definition) is 5. The van der Waals surface area contributed by atoms with Crippen LogP contribution in [-0.4, -0.2) is 18.2 Å². The molecule has 0 spiro atoms. The Labute approximate surface area is 159 Å². The molecule has 0 aliphatic carbocycles. The highest BCUT2D eigenvalue weighted by molar-refractivity contribution is 7.11. The third kappa shape index (κ3) is 3.43. The second-order valence-electron chi connectivity index (χ2n) is 5.62. The summed E-state index contributed by atoms with van der Waals surface area (Å²) in [6.45, 7) is 1.08. The number of benzene rings is 2. The molecule has 0 bridgehead atoms. The Bertz CT molecular complexity index is 1020. The molecule has 1 aliphatic rings. The van der Waals surface area contributed by atoms with E-state index in [-0.39, 0.29) is 0 Å². The van der Waals surface area contributed by atoms with Crippen LogP contribution in [0.5, 0.6) is 11.5 Å². The van der Waals surface area contributed by atoms with Crippen LogP contribution in [0.15, 0.2) is 47.8 Å². The van der Waals surface area contributed by atoms with E-state index in [0.29, 0.717) is 34.6 Å². The van der Waals surface area contributed by atoms with Crippen molar-refractivity contribution in [2.24, 2.45) is 0 Å². The molecule has 1 aliphatic heterocycles. The van der Waals surface area contributed by atoms with Gasteiger partial charge in [-0.2, -0.15) is 5.26 Å². The smallest absolute Gasteiger partial charge is 0.161 e. The van der Waals surface area contributed by atoms with Crippen LogP contribution in [0.25, 0.3) is 22.9 Å². The SMILES string of the molecule is N#C/C(=C\c1ccc2c(c1)OCCO2)c1nc(-c2ccc(Cl)cc2)cs1. The highest BCUT2D eigenvalue weighted by atomic mass is 35.5. The minimum absolute atomic E-state index is 0.506. The van der Waals surface area contributed by atoms with Crippen LogP contribution >= 0.6 is 22.9 Å². The number of thiazole rings is 1. The highest BCUT2D eigenvalue weighted by Crippen LogP contribution is 2.33. The summed E-state index contributed by atoms with van der Waals surface area (Å²) >= 11 is 7.37. The Kier molecular flexibility index (Phi) is 4.61. The average molecular weight is 381 g/mol. The normalized spacial score (nSPS) is 13.3. The van der Waals surface area contributed by atoms with Crippen LogP contribution in [0.3, 0.4) is 0 Å². The van der Waals surface area contributed by atoms with Gasteiger partial charge in [-0.1, -0.05) is 29.8 Å². The van der Waals surface area contributed by atoms with Crippen molar-refractivity contribution < 1.29 is 9.47 Å². The molecule has 6 heteroatoms. The molecular formula is C20H13ClN2O2S. The molecule has 4 rings (SSSR count). The quantitative estimate of drug-likeness (QED) is 0.578. The Morgan fingerprint density at radius 3 is 2.65 bits per heavy atom. The summed E-state index contributed by atoms with van der Waals surface area (Å²) in [4.78, 5) is 4.59. The Morgan fingerprint density at radius 2 is 1.88 bits per heavy atom. The largest absolute Gasteiger partial charge is 0.486 e. The van der Waals surface area contributed by atoms with E-state index in [0.717, 1.165) is 22.6 Å². The number of halogens is 1. The third-order valence-corrected chi connectivity index (χ3v) is 5.00. The van der Waals surface area contributed by atoms with E-state index in [1.807, 2.05) is 53.9 Å². The summed E-state index contributed by atoms with van der Waals surface area (Å²) < 4.78 is 11.1. The van der Waals surface area contributed by atoms with Crippen molar-refractivity contribution >= 4 is 34.6 Å². The van der Waals surface area contributed by atoms with Crippen molar-refractivity contribution in [2.45, 2.75) is 0 Å². The van der Waals surface area contributed by atoms with Gasteiger partial charge in [0, 0.05) is 16.0 Å². The number of nitriles is 1. The van der Waals surface area contributed by atoms with Gasteiger partial charge in [0.2, 0.25) is 0 Å². The fourth-order valence-corrected chi connectivity index (χ4v) is 3.53. The van der Waals surface area contributed by atoms with E-state index in [9.17, 15) is 5.26 Å². The van der Waals surface area contributed by atoms with Crippen LogP contribution in [0.2, 0.25) is 5.02 Å². The standard InChI is InChI=1S/C20H13ClN2O2S/c21-16-4-2-14(3-5-16)17-12-26-20(23-17)15(11-22)9-13-1-6-18-19(10-13)25-8-7-24-18/h1-6,9-10,12H,7-8H2/b15-9+. The maximum absolute atomic E-state index is 9.57. The lowest BCUT2D eigenvalue weighted by atomic mass is 10.1. The first-order valence-corrected chi connectivity index (χ1v) is 9.22. The zero-order valence-corrected chi connectivity index (χ0v) is 15.2. The minimum Gasteiger partial charge on any atom is -0.486 e. The summed E-state index contributed by atoms with van der Waals surface area (Å²) in [7, 11) is 0. The van der Waals surface area contributed by atoms with Crippen molar-refractivity contribution in [3.63, 3.8) is 0 Å². The monoisotopic (exact) mass is 380 g/mol. The number of allylic oxidation sites excluding steroid dienone is 1. The molecule has 26 heavy (non-hydrogen) atoms. The van der Waals surface area contributed by atoms with Gasteiger partial charge in [-0.3, -0.25) is 0 Å². The number of rotatable bonds is 3. The lowest BCUT2D eigenvalue weighted by Crippen LogP contribution is -2.15. The lowest BCUT2D eigenvalue weighted by Gasteiger charge is -2.18. The molecule has 128 valence electrons. The van der Waals surface area contributed by atoms with E-state index in [4.69, 9.17) is 21.1 Å². The topological polar surface area (TPSA) is 55.1 Å². The first kappa shape index (κ1) is 16.6. The number of fused-ring (bicyclic) bond motifs is 1. The third-order valence-electron chi connectivity index (χ3n) is 3.87. The summed E-state index contributed by atoms with van der Waals surface area (Å²) in [6, 6.07) is 15.3. The van der Waals surface area contributed by atoms with Crippen LogP contribution < -0.4 is 9.47 Å². The zero-order chi connectivity index (χ0) is 17.9. The molecule has 0 saturated heterocycles. The van der Waals surface area contributed by atoms with Gasteiger partial charge in [0.15, 0.2) is 11.5 Å². The predicted molar refractivity (Wildman–Crippen MR) is 103 cm³/mol. The molecule has 0 N–H and O–H groups in total. The van der Waals surface area contributed by atoms with Crippen molar-refractivity contribution in [1.29, 1.82) is 5.26 Å². The van der Waals surface area contributed by atoms with Crippen molar-refractivity contribution in [3.05, 3.63) is 63.4 Å². The van der Waals surface area contributed by atoms with Crippen molar-refractivity contribution in [3.8, 4) is 28.8 Å². The maximum atomic E-state index is 9.57. The fraction of sp³-hybridized carbons (Fsp3) is 0.100. The molecule has 3 aromatic rings. The van der Waals surface area contributed by atoms with Crippen LogP contribution in [-0.2, 0) is 0 Å². The van der Waals surface area contributed by atoms with E-state index >= 15 is 0 Å². The summed E-state index contributed by atoms with van der Waals surface area (Å²) in [6.07, 6.45) is 1.81. The van der Waals surface area contributed by atoms with Gasteiger partial charge in [0.1, 0.15) is 24.3 Å². The van der Waals surface area contributed by atoms with Crippen LogP contribution in [0.4, 0.5) is 0 Å². The Morgan fingerprint density at radius 1 is 1.12 bits per heavy atom. The van der Waals surface area contributed by atoms with Gasteiger partial charge >= 0.3 is 0 Å². The molecule has 0 saturated carbocycles. The minimum atomic E-state index is 0.506. The first-order chi connectivity index (χ1) is 12.7. The average Bonchev–Trinajstić information content (AvgIpc) is 3.16. The number of hydrogen-bond donors (Lipinski definition) is 0. The van der Waals surface area contributed by atoms with E-state index in [1.165, 1.54) is 11.3 Å². The molecule has 0 radical (unpaired) electrons. The molecule has 2 aromatic carbocycles. The summed E-state index contributed by atoms with van der Waals surface area (Å²) in [5.74, 6) is 1.43. The first-order valence-electron chi connectivity index (χ1n) is 7.96. The summed E-state index contributed by atoms with van der Waals surface area (Å²) in [5.41, 5.74) is 3.17. The lowest BCUT2D eigenvalue weighted by molar-refractivity contribution is 0.171. The van der Waals surface area contributed by atoms with Crippen molar-refractivity contribution in [2.75, 3.05) is 13.2 Å². The van der Waals surface area contributed by atoms with Gasteiger partial charge in [0.25, 0.3) is 0 Å². The number of nitrogens with zero attached hydrogens (tertiary/aromatic N) is 2. The maximum Gasteiger partial charge on any atom is 0.161 e. The molecule has 0 atom stereocenters. The Balaban J connectivity index is 1.64. The van der Waals surface area contributed by atoms with Gasteiger partial charge in [-0.05, 0) is 35.9 Å². The van der Waals surface area contributed by atoms with E-state index < -0.39 is 0 Å². The van der Waals surface area contributed by atoms with Crippen LogP contribution in [0.1, 0.15) is 10.6 Å². The molecule has 0 fully saturated rings. The van der Waals surface area contributed by atoms with Crippen molar-refractivity contribution in [1.82, 2.24) is 4.98 Å². The molecule has 0 unspecified atom stereocenters. The fourth-order valence-electron chi connectivity index (χ4n) is 2.61. The van der Waals surface area contributed by atoms with Crippen LogP contribution in [0, 0.1) is 11.3 Å². The van der Waals surface area contributed by atoms with Gasteiger partial charge < -0.3 is 9.47 Å². The predicted octanol–water partition coefficient (Wildman–Crippen LogP) is 5.30. The molecule has 4 nitrogen and oxygen atoms in total. The molecule has 0 amide bonds. The highest BCUT2D eigenvalue weighted by Gasteiger charge is 2.13. The van der Waals surface area contributed by atoms with Gasteiger partial charge in [-0.15, -0.1) is 11.3 Å². The Hall–Kier alpha value is -2.81. The second kappa shape index (κ2) is 7.20. The van der Waals surface area contributed by atoms with E-state index in [2.05, 4.69) is 11.1 Å². The number of ether oxygens (including phenoxy) is 2.